The number of esters is 1. The molecule has 2 amide bonds. The first kappa shape index (κ1) is 19.4. The lowest BCUT2D eigenvalue weighted by Gasteiger charge is -2.36. The van der Waals surface area contributed by atoms with Crippen molar-refractivity contribution in [1.29, 1.82) is 0 Å². The highest BCUT2D eigenvalue weighted by Gasteiger charge is 2.36. The van der Waals surface area contributed by atoms with Crippen molar-refractivity contribution in [1.82, 2.24) is 20.2 Å². The van der Waals surface area contributed by atoms with Crippen molar-refractivity contribution in [2.24, 2.45) is 5.92 Å². The van der Waals surface area contributed by atoms with Crippen molar-refractivity contribution in [3.63, 3.8) is 0 Å². The Kier molecular flexibility index (Phi) is 5.84. The third-order valence-corrected chi connectivity index (χ3v) is 5.30. The molecule has 1 aliphatic heterocycles. The average molecular weight is 435 g/mol. The van der Waals surface area contributed by atoms with Crippen LogP contribution in [0.4, 0.5) is 4.79 Å². The van der Waals surface area contributed by atoms with Crippen LogP contribution in [0.1, 0.15) is 36.8 Å². The molecule has 2 aromatic rings. The van der Waals surface area contributed by atoms with E-state index in [4.69, 9.17) is 4.74 Å². The number of nitrogens with one attached hydrogen (secondary N) is 2. The van der Waals surface area contributed by atoms with Crippen molar-refractivity contribution in [3.05, 3.63) is 52.0 Å². The molecule has 8 heteroatoms. The van der Waals surface area contributed by atoms with E-state index in [0.29, 0.717) is 13.0 Å². The topological polar surface area (TPSA) is 87.3 Å². The number of methoxy groups -OCH3 is 1. The van der Waals surface area contributed by atoms with Crippen LogP contribution in [-0.2, 0) is 16.0 Å². The average Bonchev–Trinajstić information content (AvgIpc) is 3.13. The van der Waals surface area contributed by atoms with Gasteiger partial charge in [0.05, 0.1) is 19.1 Å². The van der Waals surface area contributed by atoms with Crippen LogP contribution in [0.15, 0.2) is 35.1 Å². The van der Waals surface area contributed by atoms with E-state index in [0.717, 1.165) is 21.4 Å². The normalized spacial score (nSPS) is 17.4. The highest BCUT2D eigenvalue weighted by atomic mass is 79.9. The molecule has 144 valence electrons. The summed E-state index contributed by atoms with van der Waals surface area (Å²) in [6, 6.07) is 6.50. The van der Waals surface area contributed by atoms with Crippen molar-refractivity contribution in [2.45, 2.75) is 32.4 Å². The first-order valence-electron chi connectivity index (χ1n) is 8.85. The van der Waals surface area contributed by atoms with Gasteiger partial charge in [0.15, 0.2) is 0 Å². The van der Waals surface area contributed by atoms with Gasteiger partial charge in [-0.15, -0.1) is 0 Å². The van der Waals surface area contributed by atoms with E-state index in [1.165, 1.54) is 7.11 Å². The summed E-state index contributed by atoms with van der Waals surface area (Å²) in [6.45, 7) is 4.26. The number of imidazole rings is 1. The zero-order valence-corrected chi connectivity index (χ0v) is 17.1. The number of halogens is 1. The highest BCUT2D eigenvalue weighted by Crippen LogP contribution is 2.34. The van der Waals surface area contributed by atoms with E-state index in [-0.39, 0.29) is 18.0 Å². The molecular weight excluding hydrogens is 412 g/mol. The van der Waals surface area contributed by atoms with Crippen molar-refractivity contribution in [3.8, 4) is 0 Å². The molecular formula is C19H23BrN4O3. The van der Waals surface area contributed by atoms with Crippen LogP contribution < -0.4 is 5.32 Å². The Balaban J connectivity index is 1.91. The fourth-order valence-corrected chi connectivity index (χ4v) is 3.58. The highest BCUT2D eigenvalue weighted by molar-refractivity contribution is 9.10. The van der Waals surface area contributed by atoms with Gasteiger partial charge in [-0.05, 0) is 23.6 Å². The van der Waals surface area contributed by atoms with Crippen molar-refractivity contribution < 1.29 is 14.3 Å². The number of aromatic amines is 1. The number of rotatable bonds is 4. The molecule has 2 N–H and O–H groups in total. The summed E-state index contributed by atoms with van der Waals surface area (Å²) in [5, 5.41) is 2.84. The van der Waals surface area contributed by atoms with Gasteiger partial charge in [-0.3, -0.25) is 0 Å². The zero-order chi connectivity index (χ0) is 19.6. The molecule has 0 unspecified atom stereocenters. The molecule has 0 spiro atoms. The maximum absolute atomic E-state index is 13.1. The lowest BCUT2D eigenvalue weighted by molar-refractivity contribution is -0.144. The minimum absolute atomic E-state index is 0.0849. The Bertz CT molecular complexity index is 819. The molecule has 0 saturated carbocycles. The van der Waals surface area contributed by atoms with Crippen LogP contribution in [0.5, 0.6) is 0 Å². The van der Waals surface area contributed by atoms with E-state index in [1.54, 1.807) is 11.2 Å². The number of H-pyrrole nitrogens is 1. The number of ether oxygens (including phenoxy) is 1. The van der Waals surface area contributed by atoms with Gasteiger partial charge in [-0.2, -0.15) is 0 Å². The molecule has 2 heterocycles. The Morgan fingerprint density at radius 3 is 2.67 bits per heavy atom. The number of amides is 2. The minimum atomic E-state index is -0.700. The molecule has 1 aliphatic rings. The SMILES string of the molecule is COC(=O)[C@H](NC(=O)N1CCc2[nH]cnc2[C@@H]1c1ccc(Br)cc1)C(C)C. The lowest BCUT2D eigenvalue weighted by Crippen LogP contribution is -2.53. The van der Waals surface area contributed by atoms with Crippen LogP contribution in [0.2, 0.25) is 0 Å². The molecule has 0 bridgehead atoms. The van der Waals surface area contributed by atoms with E-state index < -0.39 is 12.0 Å². The van der Waals surface area contributed by atoms with Gasteiger partial charge in [0.2, 0.25) is 0 Å². The number of aromatic nitrogens is 2. The summed E-state index contributed by atoms with van der Waals surface area (Å²) in [7, 11) is 1.32. The monoisotopic (exact) mass is 434 g/mol. The molecule has 7 nitrogen and oxygen atoms in total. The molecule has 3 rings (SSSR count). The number of hydrogen-bond acceptors (Lipinski definition) is 4. The van der Waals surface area contributed by atoms with Crippen molar-refractivity contribution >= 4 is 27.9 Å². The number of benzene rings is 1. The van der Waals surface area contributed by atoms with E-state index in [1.807, 2.05) is 38.1 Å². The standard InChI is InChI=1S/C19H23BrN4O3/c1-11(2)15(18(25)27-3)23-19(26)24-9-8-14-16(22-10-21-14)17(24)12-4-6-13(20)7-5-12/h4-7,10-11,15,17H,8-9H2,1-3H3,(H,21,22)(H,23,26)/t15-,17+/m1/s1. The van der Waals surface area contributed by atoms with Gasteiger partial charge in [0.1, 0.15) is 12.1 Å². The summed E-state index contributed by atoms with van der Waals surface area (Å²) in [4.78, 5) is 34.5. The van der Waals surface area contributed by atoms with Crippen molar-refractivity contribution in [2.75, 3.05) is 13.7 Å². The first-order chi connectivity index (χ1) is 12.9. The van der Waals surface area contributed by atoms with E-state index >= 15 is 0 Å². The summed E-state index contributed by atoms with van der Waals surface area (Å²) < 4.78 is 5.80. The number of fused-ring (bicyclic) bond motifs is 1. The molecule has 0 fully saturated rings. The Morgan fingerprint density at radius 2 is 2.04 bits per heavy atom. The van der Waals surface area contributed by atoms with Crippen LogP contribution in [-0.4, -0.2) is 46.6 Å². The fourth-order valence-electron chi connectivity index (χ4n) is 3.32. The predicted molar refractivity (Wildman–Crippen MR) is 104 cm³/mol. The van der Waals surface area contributed by atoms with E-state index in [2.05, 4.69) is 31.2 Å². The van der Waals surface area contributed by atoms with Crippen LogP contribution in [0.25, 0.3) is 0 Å². The molecule has 0 saturated heterocycles. The number of carbonyl (C=O) groups excluding carboxylic acids is 2. The summed E-state index contributed by atoms with van der Waals surface area (Å²) in [5.41, 5.74) is 2.82. The maximum atomic E-state index is 13.1. The number of carbonyl (C=O) groups is 2. The van der Waals surface area contributed by atoms with Gasteiger partial charge in [-0.1, -0.05) is 41.9 Å². The number of urea groups is 1. The van der Waals surface area contributed by atoms with E-state index in [9.17, 15) is 9.59 Å². The third-order valence-electron chi connectivity index (χ3n) is 4.77. The van der Waals surface area contributed by atoms with Crippen LogP contribution in [0, 0.1) is 5.92 Å². The molecule has 2 atom stereocenters. The zero-order valence-electron chi connectivity index (χ0n) is 15.5. The number of hydrogen-bond donors (Lipinski definition) is 2. The second-order valence-corrected chi connectivity index (χ2v) is 7.77. The smallest absolute Gasteiger partial charge is 0.328 e. The Labute approximate surface area is 166 Å². The summed E-state index contributed by atoms with van der Waals surface area (Å²) in [5.74, 6) is -0.533. The van der Waals surface area contributed by atoms with Gasteiger partial charge >= 0.3 is 12.0 Å². The first-order valence-corrected chi connectivity index (χ1v) is 9.64. The van der Waals surface area contributed by atoms with Crippen LogP contribution in [0.3, 0.4) is 0 Å². The third kappa shape index (κ3) is 4.00. The molecule has 0 radical (unpaired) electrons. The number of nitrogens with zero attached hydrogens (tertiary/aromatic N) is 2. The molecule has 1 aromatic heterocycles. The van der Waals surface area contributed by atoms with Gasteiger partial charge < -0.3 is 19.9 Å². The largest absolute Gasteiger partial charge is 0.467 e. The predicted octanol–water partition coefficient (Wildman–Crippen LogP) is 3.03. The molecule has 1 aromatic carbocycles. The maximum Gasteiger partial charge on any atom is 0.328 e. The fraction of sp³-hybridized carbons (Fsp3) is 0.421. The molecule has 27 heavy (non-hydrogen) atoms. The Hall–Kier alpha value is -2.35. The minimum Gasteiger partial charge on any atom is -0.467 e. The Morgan fingerprint density at radius 1 is 1.33 bits per heavy atom. The van der Waals surface area contributed by atoms with Gasteiger partial charge in [0, 0.05) is 23.1 Å². The summed E-state index contributed by atoms with van der Waals surface area (Å²) in [6.07, 6.45) is 2.34. The lowest BCUT2D eigenvalue weighted by atomic mass is 9.96. The second kappa shape index (κ2) is 8.12. The quantitative estimate of drug-likeness (QED) is 0.723. The van der Waals surface area contributed by atoms with Crippen LogP contribution >= 0.6 is 15.9 Å². The van der Waals surface area contributed by atoms with Gasteiger partial charge in [0.25, 0.3) is 0 Å². The molecule has 0 aliphatic carbocycles. The second-order valence-electron chi connectivity index (χ2n) is 6.86. The van der Waals surface area contributed by atoms with Gasteiger partial charge in [-0.25, -0.2) is 14.6 Å². The summed E-state index contributed by atoms with van der Waals surface area (Å²) >= 11 is 3.44.